The number of hydrogen-bond donors (Lipinski definition) is 2. The first-order valence-corrected chi connectivity index (χ1v) is 12.4. The van der Waals surface area contributed by atoms with E-state index in [4.69, 9.17) is 15.2 Å². The fourth-order valence-corrected chi connectivity index (χ4v) is 6.62. The van der Waals surface area contributed by atoms with Crippen LogP contribution in [0.25, 0.3) is 0 Å². The maximum Gasteiger partial charge on any atom is 0.275 e. The van der Waals surface area contributed by atoms with Gasteiger partial charge < -0.3 is 20.5 Å². The van der Waals surface area contributed by atoms with Gasteiger partial charge in [-0.3, -0.25) is 9.79 Å². The molecule has 0 spiro atoms. The van der Waals surface area contributed by atoms with Crippen molar-refractivity contribution in [1.82, 2.24) is 9.97 Å². The lowest BCUT2D eigenvalue weighted by molar-refractivity contribution is -0.119. The van der Waals surface area contributed by atoms with Crippen molar-refractivity contribution in [2.75, 3.05) is 25.6 Å². The number of rotatable bonds is 8. The number of amides is 1. The van der Waals surface area contributed by atoms with Gasteiger partial charge in [-0.2, -0.15) is 0 Å². The van der Waals surface area contributed by atoms with Gasteiger partial charge >= 0.3 is 0 Å². The SMILES string of the molecule is COC[C@]12CC1[C@@](C)(c1cc(NC(=O)c3cnc(OCC4CC(F)(F)C4)cn3)cc(F)c1F)N=C(N)S2. The lowest BCUT2D eigenvalue weighted by atomic mass is 9.82. The van der Waals surface area contributed by atoms with Gasteiger partial charge in [-0.1, -0.05) is 11.8 Å². The van der Waals surface area contributed by atoms with Crippen molar-refractivity contribution in [3.8, 4) is 5.88 Å². The van der Waals surface area contributed by atoms with E-state index in [-0.39, 0.29) is 64.0 Å². The number of thioether (sulfide) groups is 1. The fraction of sp³-hybridized carbons (Fsp3) is 0.500. The highest BCUT2D eigenvalue weighted by molar-refractivity contribution is 8.15. The molecule has 2 aromatic rings. The molecular weight excluding hydrogens is 514 g/mol. The summed E-state index contributed by atoms with van der Waals surface area (Å²) in [6.45, 7) is 2.16. The van der Waals surface area contributed by atoms with E-state index in [1.165, 1.54) is 24.0 Å². The van der Waals surface area contributed by atoms with E-state index in [2.05, 4.69) is 20.3 Å². The average Bonchev–Trinajstić information content (AvgIpc) is 3.53. The molecule has 1 aromatic heterocycles. The Morgan fingerprint density at radius 2 is 1.97 bits per heavy atom. The van der Waals surface area contributed by atoms with Crippen LogP contribution in [0.2, 0.25) is 0 Å². The largest absolute Gasteiger partial charge is 0.476 e. The number of nitrogens with one attached hydrogen (secondary N) is 1. The van der Waals surface area contributed by atoms with E-state index in [9.17, 15) is 18.0 Å². The van der Waals surface area contributed by atoms with Crippen LogP contribution in [0.4, 0.5) is 23.2 Å². The van der Waals surface area contributed by atoms with Crippen LogP contribution in [0.5, 0.6) is 5.88 Å². The van der Waals surface area contributed by atoms with Crippen LogP contribution in [0.15, 0.2) is 29.5 Å². The maximum absolute atomic E-state index is 15.0. The molecule has 3 N–H and O–H groups in total. The van der Waals surface area contributed by atoms with Crippen LogP contribution >= 0.6 is 11.8 Å². The third kappa shape index (κ3) is 4.86. The minimum atomic E-state index is -2.64. The number of halogens is 4. The Balaban J connectivity index is 1.30. The summed E-state index contributed by atoms with van der Waals surface area (Å²) in [6.07, 6.45) is 2.54. The molecule has 1 aromatic carbocycles. The van der Waals surface area contributed by atoms with Gasteiger partial charge in [0.25, 0.3) is 5.91 Å². The van der Waals surface area contributed by atoms with E-state index >= 15 is 4.39 Å². The van der Waals surface area contributed by atoms with Crippen molar-refractivity contribution in [2.45, 2.75) is 42.4 Å². The second-order valence-electron chi connectivity index (χ2n) is 9.91. The molecule has 1 aliphatic heterocycles. The molecule has 8 nitrogen and oxygen atoms in total. The van der Waals surface area contributed by atoms with Gasteiger partial charge in [0, 0.05) is 49.1 Å². The van der Waals surface area contributed by atoms with Gasteiger partial charge in [-0.25, -0.2) is 27.5 Å². The zero-order valence-electron chi connectivity index (χ0n) is 20.1. The van der Waals surface area contributed by atoms with Gasteiger partial charge in [-0.05, 0) is 19.4 Å². The number of aromatic nitrogens is 2. The summed E-state index contributed by atoms with van der Waals surface area (Å²) in [5.74, 6) is -5.86. The second kappa shape index (κ2) is 9.12. The highest BCUT2D eigenvalue weighted by atomic mass is 32.2. The molecule has 5 rings (SSSR count). The van der Waals surface area contributed by atoms with Crippen LogP contribution < -0.4 is 15.8 Å². The topological polar surface area (TPSA) is 112 Å². The molecule has 0 bridgehead atoms. The number of nitrogens with zero attached hydrogens (tertiary/aromatic N) is 3. The van der Waals surface area contributed by atoms with Crippen LogP contribution in [-0.2, 0) is 10.3 Å². The lowest BCUT2D eigenvalue weighted by Gasteiger charge is -2.34. The Morgan fingerprint density at radius 1 is 1.22 bits per heavy atom. The van der Waals surface area contributed by atoms with Gasteiger partial charge in [0.05, 0.1) is 35.9 Å². The van der Waals surface area contributed by atoms with Crippen molar-refractivity contribution in [3.05, 3.63) is 47.4 Å². The van der Waals surface area contributed by atoms with E-state index in [1.807, 2.05) is 0 Å². The van der Waals surface area contributed by atoms with E-state index in [0.29, 0.717) is 13.0 Å². The van der Waals surface area contributed by atoms with Gasteiger partial charge in [0.2, 0.25) is 11.8 Å². The van der Waals surface area contributed by atoms with Gasteiger partial charge in [-0.15, -0.1) is 0 Å². The summed E-state index contributed by atoms with van der Waals surface area (Å²) in [5, 5.41) is 2.77. The number of carbonyl (C=O) groups is 1. The number of anilines is 1. The first kappa shape index (κ1) is 25.7. The molecule has 1 amide bonds. The summed E-state index contributed by atoms with van der Waals surface area (Å²) >= 11 is 1.37. The quantitative estimate of drug-likeness (QED) is 0.486. The van der Waals surface area contributed by atoms with E-state index < -0.39 is 29.0 Å². The Labute approximate surface area is 214 Å². The number of fused-ring (bicyclic) bond motifs is 1. The van der Waals surface area contributed by atoms with E-state index in [1.54, 1.807) is 14.0 Å². The number of carbonyl (C=O) groups excluding carboxylic acids is 1. The molecule has 2 saturated carbocycles. The Morgan fingerprint density at radius 3 is 2.62 bits per heavy atom. The summed E-state index contributed by atoms with van der Waals surface area (Å²) in [7, 11) is 1.57. The number of aliphatic imine (C=N–C) groups is 1. The highest BCUT2D eigenvalue weighted by Crippen LogP contribution is 2.66. The van der Waals surface area contributed by atoms with Crippen molar-refractivity contribution in [2.24, 2.45) is 22.6 Å². The minimum Gasteiger partial charge on any atom is -0.476 e. The molecule has 2 aliphatic carbocycles. The molecule has 3 aliphatic rings. The number of amidine groups is 1. The Bertz CT molecular complexity index is 1260. The van der Waals surface area contributed by atoms with Crippen molar-refractivity contribution in [1.29, 1.82) is 0 Å². The third-order valence-electron chi connectivity index (χ3n) is 7.08. The summed E-state index contributed by atoms with van der Waals surface area (Å²) in [5.41, 5.74) is 4.79. The van der Waals surface area contributed by atoms with Crippen molar-refractivity contribution in [3.63, 3.8) is 0 Å². The fourth-order valence-electron chi connectivity index (χ4n) is 5.17. The zero-order chi connectivity index (χ0) is 26.6. The van der Waals surface area contributed by atoms with Crippen molar-refractivity contribution < 1.29 is 31.8 Å². The maximum atomic E-state index is 15.0. The summed E-state index contributed by atoms with van der Waals surface area (Å²) in [6, 6.07) is 2.22. The molecule has 198 valence electrons. The number of alkyl halides is 2. The van der Waals surface area contributed by atoms with Crippen LogP contribution in [0.3, 0.4) is 0 Å². The predicted molar refractivity (Wildman–Crippen MR) is 129 cm³/mol. The predicted octanol–water partition coefficient (Wildman–Crippen LogP) is 4.11. The monoisotopic (exact) mass is 539 g/mol. The molecule has 3 atom stereocenters. The zero-order valence-corrected chi connectivity index (χ0v) is 20.9. The number of benzene rings is 1. The van der Waals surface area contributed by atoms with E-state index in [0.717, 1.165) is 12.3 Å². The Hall–Kier alpha value is -2.93. The molecule has 13 heteroatoms. The summed E-state index contributed by atoms with van der Waals surface area (Å²) < 4.78 is 65.9. The first-order valence-electron chi connectivity index (χ1n) is 11.6. The normalized spacial score (nSPS) is 28.1. The van der Waals surface area contributed by atoms with Crippen LogP contribution in [0.1, 0.15) is 42.2 Å². The lowest BCUT2D eigenvalue weighted by Crippen LogP contribution is -2.38. The second-order valence-corrected chi connectivity index (χ2v) is 11.3. The van der Waals surface area contributed by atoms with Crippen LogP contribution in [-0.4, -0.2) is 52.0 Å². The molecule has 1 unspecified atom stereocenters. The highest BCUT2D eigenvalue weighted by Gasteiger charge is 2.66. The minimum absolute atomic E-state index is 0.0122. The molecule has 37 heavy (non-hydrogen) atoms. The molecule has 2 fully saturated rings. The van der Waals surface area contributed by atoms with Crippen molar-refractivity contribution >= 4 is 28.5 Å². The number of methoxy groups -OCH3 is 1. The first-order chi connectivity index (χ1) is 17.4. The molecule has 0 radical (unpaired) electrons. The number of hydrogen-bond acceptors (Lipinski definition) is 8. The van der Waals surface area contributed by atoms with Gasteiger partial charge in [0.1, 0.15) is 5.69 Å². The number of nitrogens with two attached hydrogens (primary N) is 1. The molecule has 0 saturated heterocycles. The standard InChI is InChI=1S/C24H25F4N5O3S/c1-22(17-7-23(17,11-35-2)37-21(29)33-22)14-3-13(4-15(25)19(14)26)32-20(34)16-8-31-18(9-30-16)36-10-12-5-24(27,28)6-12/h3-4,8-9,12,17H,5-7,10-11H2,1-2H3,(H2,29,33)(H,32,34)/t17?,22-,23-/m1/s1. The smallest absolute Gasteiger partial charge is 0.275 e. The van der Waals surface area contributed by atoms with Crippen LogP contribution in [0, 0.1) is 23.5 Å². The van der Waals surface area contributed by atoms with Gasteiger partial charge in [0.15, 0.2) is 16.8 Å². The molecular formula is C24H25F4N5O3S. The summed E-state index contributed by atoms with van der Waals surface area (Å²) in [4.78, 5) is 25.2. The average molecular weight is 540 g/mol. The third-order valence-corrected chi connectivity index (χ3v) is 8.35. The molecule has 2 heterocycles. The number of ether oxygens (including phenoxy) is 2. The Kier molecular flexibility index (Phi) is 6.34.